The molecule has 8 heteroatoms. The fraction of sp³-hybridized carbons (Fsp3) is 0.273. The number of benzene rings is 2. The van der Waals surface area contributed by atoms with Crippen molar-refractivity contribution >= 4 is 11.6 Å². The lowest BCUT2D eigenvalue weighted by molar-refractivity contribution is -0.384. The van der Waals surface area contributed by atoms with E-state index in [0.717, 1.165) is 12.8 Å². The van der Waals surface area contributed by atoms with Crippen LogP contribution in [-0.4, -0.2) is 38.6 Å². The van der Waals surface area contributed by atoms with E-state index in [0.29, 0.717) is 30.4 Å². The minimum atomic E-state index is -0.502. The van der Waals surface area contributed by atoms with Crippen molar-refractivity contribution in [1.82, 2.24) is 14.7 Å². The van der Waals surface area contributed by atoms with E-state index >= 15 is 0 Å². The summed E-state index contributed by atoms with van der Waals surface area (Å²) in [7, 11) is 0. The molecular formula is C22H21FN4O3. The highest BCUT2D eigenvalue weighted by Gasteiger charge is 2.26. The minimum Gasteiger partial charge on any atom is -0.337 e. The molecule has 30 heavy (non-hydrogen) atoms. The van der Waals surface area contributed by atoms with Crippen LogP contribution in [0.2, 0.25) is 0 Å². The molecule has 0 radical (unpaired) electrons. The van der Waals surface area contributed by atoms with Crippen molar-refractivity contribution in [2.75, 3.05) is 13.1 Å². The van der Waals surface area contributed by atoms with Crippen LogP contribution in [0.4, 0.5) is 10.1 Å². The maximum absolute atomic E-state index is 14.4. The molecule has 7 nitrogen and oxygen atoms in total. The van der Waals surface area contributed by atoms with E-state index in [-0.39, 0.29) is 22.9 Å². The molecule has 0 aliphatic carbocycles. The molecule has 1 aromatic heterocycles. The Morgan fingerprint density at radius 1 is 1.13 bits per heavy atom. The number of nitro groups is 1. The number of non-ortho nitro benzene ring substituents is 1. The molecule has 154 valence electrons. The Bertz CT molecular complexity index is 1100. The van der Waals surface area contributed by atoms with Crippen molar-refractivity contribution in [2.45, 2.75) is 19.8 Å². The molecule has 1 aliphatic rings. The predicted molar refractivity (Wildman–Crippen MR) is 110 cm³/mol. The lowest BCUT2D eigenvalue weighted by atomic mass is 9.99. The van der Waals surface area contributed by atoms with Crippen LogP contribution in [-0.2, 0) is 0 Å². The largest absolute Gasteiger partial charge is 0.337 e. The van der Waals surface area contributed by atoms with Gasteiger partial charge in [0.15, 0.2) is 0 Å². The molecule has 0 bridgehead atoms. The first-order valence-electron chi connectivity index (χ1n) is 9.83. The normalized spacial score (nSPS) is 14.7. The zero-order valence-electron chi connectivity index (χ0n) is 16.5. The van der Waals surface area contributed by atoms with Crippen LogP contribution in [0.25, 0.3) is 16.9 Å². The highest BCUT2D eigenvalue weighted by molar-refractivity contribution is 5.94. The molecule has 1 amide bonds. The van der Waals surface area contributed by atoms with Crippen LogP contribution in [0.5, 0.6) is 0 Å². The summed E-state index contributed by atoms with van der Waals surface area (Å²) in [6, 6.07) is 13.6. The second-order valence-electron chi connectivity index (χ2n) is 7.56. The summed E-state index contributed by atoms with van der Waals surface area (Å²) < 4.78 is 15.7. The third-order valence-corrected chi connectivity index (χ3v) is 5.43. The highest BCUT2D eigenvalue weighted by Crippen LogP contribution is 2.27. The molecule has 3 aromatic rings. The first-order chi connectivity index (χ1) is 14.4. The van der Waals surface area contributed by atoms with Gasteiger partial charge in [-0.15, -0.1) is 0 Å². The molecule has 0 N–H and O–H groups in total. The Kier molecular flexibility index (Phi) is 5.31. The number of aromatic nitrogens is 2. The quantitative estimate of drug-likeness (QED) is 0.472. The van der Waals surface area contributed by atoms with Crippen molar-refractivity contribution in [2.24, 2.45) is 5.92 Å². The van der Waals surface area contributed by atoms with Crippen LogP contribution in [0.1, 0.15) is 30.3 Å². The second-order valence-corrected chi connectivity index (χ2v) is 7.56. The van der Waals surface area contributed by atoms with Crippen LogP contribution < -0.4 is 0 Å². The first-order valence-corrected chi connectivity index (χ1v) is 9.83. The molecule has 0 spiro atoms. The molecule has 0 atom stereocenters. The summed E-state index contributed by atoms with van der Waals surface area (Å²) in [5, 5.41) is 15.7. The van der Waals surface area contributed by atoms with Gasteiger partial charge >= 0.3 is 0 Å². The number of hydrogen-bond donors (Lipinski definition) is 0. The molecule has 1 fully saturated rings. The van der Waals surface area contributed by atoms with Crippen molar-refractivity contribution < 1.29 is 14.1 Å². The van der Waals surface area contributed by atoms with Crippen LogP contribution in [0.15, 0.2) is 54.6 Å². The molecule has 2 heterocycles. The van der Waals surface area contributed by atoms with Gasteiger partial charge in [0.2, 0.25) is 0 Å². The summed E-state index contributed by atoms with van der Waals surface area (Å²) in [6.45, 7) is 3.43. The molecule has 0 saturated carbocycles. The fourth-order valence-electron chi connectivity index (χ4n) is 3.64. The van der Waals surface area contributed by atoms with Crippen molar-refractivity contribution in [3.05, 3.63) is 76.2 Å². The Balaban J connectivity index is 1.81. The topological polar surface area (TPSA) is 81.3 Å². The average molecular weight is 408 g/mol. The summed E-state index contributed by atoms with van der Waals surface area (Å²) in [6.07, 6.45) is 1.83. The Labute approximate surface area is 172 Å². The number of nitro benzene ring substituents is 1. The Morgan fingerprint density at radius 2 is 1.87 bits per heavy atom. The van der Waals surface area contributed by atoms with E-state index in [9.17, 15) is 19.3 Å². The lowest BCUT2D eigenvalue weighted by Crippen LogP contribution is -2.38. The van der Waals surface area contributed by atoms with Gasteiger partial charge in [-0.2, -0.15) is 5.10 Å². The van der Waals surface area contributed by atoms with Crippen LogP contribution in [0.3, 0.4) is 0 Å². The molecule has 1 aliphatic heterocycles. The summed E-state index contributed by atoms with van der Waals surface area (Å²) in [5.41, 5.74) is 1.08. The number of piperidine rings is 1. The summed E-state index contributed by atoms with van der Waals surface area (Å²) >= 11 is 0. The number of carbonyl (C=O) groups excluding carboxylic acids is 1. The van der Waals surface area contributed by atoms with Gasteiger partial charge in [-0.05, 0) is 43.0 Å². The Morgan fingerprint density at radius 3 is 2.57 bits per heavy atom. The zero-order chi connectivity index (χ0) is 21.3. The smallest absolute Gasteiger partial charge is 0.272 e. The number of hydrogen-bond acceptors (Lipinski definition) is 4. The number of nitrogens with zero attached hydrogens (tertiary/aromatic N) is 4. The molecule has 4 rings (SSSR count). The standard InChI is InChI=1S/C22H21FN4O3/c1-15-9-11-25(12-10-15)22(28)21-14-20(18-7-2-3-8-19(18)23)24-26(21)16-5-4-6-17(13-16)27(29)30/h2-8,13-15H,9-12H2,1H3. The number of likely N-dealkylation sites (tertiary alicyclic amines) is 1. The number of amides is 1. The van der Waals surface area contributed by atoms with Gasteiger partial charge in [-0.25, -0.2) is 9.07 Å². The maximum Gasteiger partial charge on any atom is 0.272 e. The number of carbonyl (C=O) groups is 1. The number of halogens is 1. The van der Waals surface area contributed by atoms with Crippen molar-refractivity contribution in [3.63, 3.8) is 0 Å². The van der Waals surface area contributed by atoms with Gasteiger partial charge in [0.05, 0.1) is 16.3 Å². The first kappa shape index (κ1) is 19.8. The van der Waals surface area contributed by atoms with E-state index in [4.69, 9.17) is 0 Å². The van der Waals surface area contributed by atoms with Gasteiger partial charge in [0.1, 0.15) is 11.5 Å². The molecule has 2 aromatic carbocycles. The minimum absolute atomic E-state index is 0.111. The third kappa shape index (κ3) is 3.80. The summed E-state index contributed by atoms with van der Waals surface area (Å²) in [4.78, 5) is 25.7. The van der Waals surface area contributed by atoms with Crippen molar-refractivity contribution in [1.29, 1.82) is 0 Å². The van der Waals surface area contributed by atoms with Gasteiger partial charge in [0, 0.05) is 30.8 Å². The Hall–Kier alpha value is -3.55. The summed E-state index contributed by atoms with van der Waals surface area (Å²) in [5.74, 6) is -0.111. The van der Waals surface area contributed by atoms with Gasteiger partial charge < -0.3 is 4.90 Å². The van der Waals surface area contributed by atoms with Crippen LogP contribution >= 0.6 is 0 Å². The van der Waals surface area contributed by atoms with E-state index < -0.39 is 10.7 Å². The zero-order valence-corrected chi connectivity index (χ0v) is 16.5. The van der Waals surface area contributed by atoms with E-state index in [1.165, 1.54) is 28.9 Å². The van der Waals surface area contributed by atoms with Crippen LogP contribution in [0, 0.1) is 21.8 Å². The molecule has 1 saturated heterocycles. The van der Waals surface area contributed by atoms with Gasteiger partial charge in [-0.1, -0.05) is 25.1 Å². The van der Waals surface area contributed by atoms with E-state index in [1.807, 2.05) is 0 Å². The fourth-order valence-corrected chi connectivity index (χ4v) is 3.64. The monoisotopic (exact) mass is 408 g/mol. The maximum atomic E-state index is 14.4. The number of rotatable bonds is 4. The lowest BCUT2D eigenvalue weighted by Gasteiger charge is -2.30. The second kappa shape index (κ2) is 8.06. The molecule has 0 unspecified atom stereocenters. The predicted octanol–water partition coefficient (Wildman–Crippen LogP) is 4.46. The van der Waals surface area contributed by atoms with E-state index in [1.54, 1.807) is 35.2 Å². The van der Waals surface area contributed by atoms with Gasteiger partial charge in [-0.3, -0.25) is 14.9 Å². The average Bonchev–Trinajstić information content (AvgIpc) is 3.19. The van der Waals surface area contributed by atoms with Crippen molar-refractivity contribution in [3.8, 4) is 16.9 Å². The van der Waals surface area contributed by atoms with Gasteiger partial charge in [0.25, 0.3) is 11.6 Å². The molecular weight excluding hydrogens is 387 g/mol. The SMILES string of the molecule is CC1CCN(C(=O)c2cc(-c3ccccc3F)nn2-c2cccc([N+](=O)[O-])c2)CC1. The highest BCUT2D eigenvalue weighted by atomic mass is 19.1. The van der Waals surface area contributed by atoms with E-state index in [2.05, 4.69) is 12.0 Å². The third-order valence-electron chi connectivity index (χ3n) is 5.43.